The van der Waals surface area contributed by atoms with Gasteiger partial charge in [0, 0.05) is 18.7 Å². The van der Waals surface area contributed by atoms with Gasteiger partial charge in [0.1, 0.15) is 0 Å². The minimum atomic E-state index is -1.02. The number of rotatable bonds is 6. The second-order valence-corrected chi connectivity index (χ2v) is 4.84. The van der Waals surface area contributed by atoms with Gasteiger partial charge in [0.25, 0.3) is 0 Å². The lowest BCUT2D eigenvalue weighted by Crippen LogP contribution is -2.08. The number of carboxylic acid groups (broad SMARTS) is 1. The summed E-state index contributed by atoms with van der Waals surface area (Å²) in [5.41, 5.74) is 2.89. The molecule has 0 saturated heterocycles. The summed E-state index contributed by atoms with van der Waals surface area (Å²) in [6, 6.07) is 11.0. The number of hydrogen-bond acceptors (Lipinski definition) is 4. The Morgan fingerprint density at radius 1 is 1.14 bits per heavy atom. The van der Waals surface area contributed by atoms with Crippen molar-refractivity contribution >= 4 is 11.7 Å². The van der Waals surface area contributed by atoms with E-state index < -0.39 is 5.97 Å². The van der Waals surface area contributed by atoms with Crippen LogP contribution < -0.4 is 14.8 Å². The summed E-state index contributed by atoms with van der Waals surface area (Å²) < 4.78 is 10.4. The van der Waals surface area contributed by atoms with E-state index in [9.17, 15) is 9.90 Å². The second kappa shape index (κ2) is 6.85. The quantitative estimate of drug-likeness (QED) is 0.856. The third kappa shape index (κ3) is 3.31. The highest BCUT2D eigenvalue weighted by molar-refractivity contribution is 5.95. The Balaban J connectivity index is 2.33. The molecule has 0 atom stereocenters. The molecule has 0 radical (unpaired) electrons. The number of hydrogen-bond donors (Lipinski definition) is 2. The Bertz CT molecular complexity index is 682. The van der Waals surface area contributed by atoms with Crippen molar-refractivity contribution in [1.82, 2.24) is 0 Å². The maximum Gasteiger partial charge on any atom is 0.337 e. The molecule has 0 saturated carbocycles. The molecule has 5 nitrogen and oxygen atoms in total. The van der Waals surface area contributed by atoms with E-state index >= 15 is 0 Å². The normalized spacial score (nSPS) is 10.1. The van der Waals surface area contributed by atoms with Crippen molar-refractivity contribution in [1.29, 1.82) is 0 Å². The number of aryl methyl sites for hydroxylation is 1. The van der Waals surface area contributed by atoms with E-state index in [1.54, 1.807) is 6.07 Å². The Kier molecular flexibility index (Phi) is 4.88. The van der Waals surface area contributed by atoms with Crippen LogP contribution in [-0.2, 0) is 6.54 Å². The SMILES string of the molecule is COc1cc(NCc2ccccc2C)c(C(=O)O)cc1OC. The molecule has 0 heterocycles. The molecule has 5 heteroatoms. The summed E-state index contributed by atoms with van der Waals surface area (Å²) in [5.74, 6) is -0.144. The summed E-state index contributed by atoms with van der Waals surface area (Å²) >= 11 is 0. The number of methoxy groups -OCH3 is 2. The lowest BCUT2D eigenvalue weighted by Gasteiger charge is -2.15. The molecule has 2 N–H and O–H groups in total. The standard InChI is InChI=1S/C17H19NO4/c1-11-6-4-5-7-12(11)10-18-14-9-16(22-3)15(21-2)8-13(14)17(19)20/h4-9,18H,10H2,1-3H3,(H,19,20). The summed E-state index contributed by atoms with van der Waals surface area (Å²) in [6.07, 6.45) is 0. The lowest BCUT2D eigenvalue weighted by molar-refractivity contribution is 0.0697. The van der Waals surface area contributed by atoms with Crippen LogP contribution in [0.2, 0.25) is 0 Å². The number of benzene rings is 2. The molecule has 2 aromatic rings. The van der Waals surface area contributed by atoms with Crippen molar-refractivity contribution in [3.8, 4) is 11.5 Å². The average Bonchev–Trinajstić information content (AvgIpc) is 2.53. The van der Waals surface area contributed by atoms with Crippen LogP contribution in [0.3, 0.4) is 0 Å². The molecule has 116 valence electrons. The van der Waals surface area contributed by atoms with Gasteiger partial charge in [-0.15, -0.1) is 0 Å². The van der Waals surface area contributed by atoms with Gasteiger partial charge in [-0.1, -0.05) is 24.3 Å². The Hall–Kier alpha value is -2.69. The van der Waals surface area contributed by atoms with E-state index in [2.05, 4.69) is 5.32 Å². The summed E-state index contributed by atoms with van der Waals surface area (Å²) in [6.45, 7) is 2.55. The second-order valence-electron chi connectivity index (χ2n) is 4.84. The summed E-state index contributed by atoms with van der Waals surface area (Å²) in [5, 5.41) is 12.5. The fraction of sp³-hybridized carbons (Fsp3) is 0.235. The molecule has 0 aromatic heterocycles. The van der Waals surface area contributed by atoms with Crippen LogP contribution >= 0.6 is 0 Å². The van der Waals surface area contributed by atoms with Crippen LogP contribution in [0.15, 0.2) is 36.4 Å². The van der Waals surface area contributed by atoms with Crippen LogP contribution in [0.1, 0.15) is 21.5 Å². The first kappa shape index (κ1) is 15.7. The first-order valence-corrected chi connectivity index (χ1v) is 6.84. The molecule has 0 fully saturated rings. The molecule has 0 aliphatic rings. The molecule has 0 aliphatic heterocycles. The number of carbonyl (C=O) groups is 1. The van der Waals surface area contributed by atoms with Gasteiger partial charge in [-0.3, -0.25) is 0 Å². The average molecular weight is 301 g/mol. The summed E-state index contributed by atoms with van der Waals surface area (Å²) in [7, 11) is 2.99. The number of anilines is 1. The Labute approximate surface area is 129 Å². The number of aromatic carboxylic acids is 1. The first-order chi connectivity index (χ1) is 10.6. The predicted molar refractivity (Wildman–Crippen MR) is 85.0 cm³/mol. The van der Waals surface area contributed by atoms with Gasteiger partial charge in [-0.25, -0.2) is 4.79 Å². The minimum Gasteiger partial charge on any atom is -0.493 e. The largest absolute Gasteiger partial charge is 0.493 e. The molecule has 0 unspecified atom stereocenters. The Morgan fingerprint density at radius 3 is 2.36 bits per heavy atom. The van der Waals surface area contributed by atoms with Crippen LogP contribution in [0.25, 0.3) is 0 Å². The van der Waals surface area contributed by atoms with Crippen LogP contribution in [0.5, 0.6) is 11.5 Å². The zero-order chi connectivity index (χ0) is 16.1. The molecule has 0 spiro atoms. The van der Waals surface area contributed by atoms with Crippen molar-refractivity contribution in [2.75, 3.05) is 19.5 Å². The van der Waals surface area contributed by atoms with E-state index in [1.807, 2.05) is 31.2 Å². The molecule has 2 rings (SSSR count). The minimum absolute atomic E-state index is 0.145. The van der Waals surface area contributed by atoms with Gasteiger partial charge in [0.15, 0.2) is 11.5 Å². The van der Waals surface area contributed by atoms with E-state index in [1.165, 1.54) is 20.3 Å². The molecule has 0 aliphatic carbocycles. The van der Waals surface area contributed by atoms with Crippen molar-refractivity contribution in [2.24, 2.45) is 0 Å². The summed E-state index contributed by atoms with van der Waals surface area (Å²) in [4.78, 5) is 11.4. The topological polar surface area (TPSA) is 67.8 Å². The highest BCUT2D eigenvalue weighted by Gasteiger charge is 2.16. The van der Waals surface area contributed by atoms with E-state index in [4.69, 9.17) is 9.47 Å². The van der Waals surface area contributed by atoms with Crippen molar-refractivity contribution in [3.05, 3.63) is 53.1 Å². The molecular formula is C17H19NO4. The van der Waals surface area contributed by atoms with Gasteiger partial charge in [0.05, 0.1) is 25.5 Å². The van der Waals surface area contributed by atoms with E-state index in [0.717, 1.165) is 11.1 Å². The maximum atomic E-state index is 11.4. The molecule has 0 amide bonds. The van der Waals surface area contributed by atoms with E-state index in [0.29, 0.717) is 23.7 Å². The van der Waals surface area contributed by atoms with Crippen molar-refractivity contribution in [2.45, 2.75) is 13.5 Å². The number of carboxylic acids is 1. The Morgan fingerprint density at radius 2 is 1.77 bits per heavy atom. The van der Waals surface area contributed by atoms with Gasteiger partial charge in [-0.2, -0.15) is 0 Å². The third-order valence-corrected chi connectivity index (χ3v) is 3.48. The maximum absolute atomic E-state index is 11.4. The zero-order valence-electron chi connectivity index (χ0n) is 12.8. The smallest absolute Gasteiger partial charge is 0.337 e. The lowest BCUT2D eigenvalue weighted by atomic mass is 10.1. The fourth-order valence-electron chi connectivity index (χ4n) is 2.20. The van der Waals surface area contributed by atoms with Crippen LogP contribution in [0.4, 0.5) is 5.69 Å². The predicted octanol–water partition coefficient (Wildman–Crippen LogP) is 3.32. The molecule has 0 bridgehead atoms. The third-order valence-electron chi connectivity index (χ3n) is 3.48. The zero-order valence-corrected chi connectivity index (χ0v) is 12.8. The van der Waals surface area contributed by atoms with Crippen molar-refractivity contribution in [3.63, 3.8) is 0 Å². The van der Waals surface area contributed by atoms with Crippen LogP contribution in [0, 0.1) is 6.92 Å². The van der Waals surface area contributed by atoms with Gasteiger partial charge in [0.2, 0.25) is 0 Å². The molecule has 22 heavy (non-hydrogen) atoms. The highest BCUT2D eigenvalue weighted by atomic mass is 16.5. The fourth-order valence-corrected chi connectivity index (χ4v) is 2.20. The molecule has 2 aromatic carbocycles. The highest BCUT2D eigenvalue weighted by Crippen LogP contribution is 2.33. The number of nitrogens with one attached hydrogen (secondary N) is 1. The first-order valence-electron chi connectivity index (χ1n) is 6.84. The monoisotopic (exact) mass is 301 g/mol. The van der Waals surface area contributed by atoms with Gasteiger partial charge < -0.3 is 19.9 Å². The van der Waals surface area contributed by atoms with Crippen LogP contribution in [-0.4, -0.2) is 25.3 Å². The van der Waals surface area contributed by atoms with Gasteiger partial charge >= 0.3 is 5.97 Å². The molecular weight excluding hydrogens is 282 g/mol. The van der Waals surface area contributed by atoms with Crippen molar-refractivity contribution < 1.29 is 19.4 Å². The van der Waals surface area contributed by atoms with E-state index in [-0.39, 0.29) is 5.56 Å². The van der Waals surface area contributed by atoms with Gasteiger partial charge in [-0.05, 0) is 18.1 Å². The number of ether oxygens (including phenoxy) is 2.